The van der Waals surface area contributed by atoms with Gasteiger partial charge in [0.25, 0.3) is 0 Å². The van der Waals surface area contributed by atoms with Crippen molar-refractivity contribution in [2.24, 2.45) is 5.41 Å². The Kier molecular flexibility index (Phi) is 8.96. The molecule has 0 bridgehead atoms. The number of carboxylic acids is 1. The molecule has 140 valence electrons. The van der Waals surface area contributed by atoms with Gasteiger partial charge in [-0.05, 0) is 0 Å². The summed E-state index contributed by atoms with van der Waals surface area (Å²) >= 11 is 0. The van der Waals surface area contributed by atoms with E-state index in [4.69, 9.17) is 18.7 Å². The van der Waals surface area contributed by atoms with Crippen LogP contribution in [0.5, 0.6) is 0 Å². The van der Waals surface area contributed by atoms with E-state index in [9.17, 15) is 4.79 Å². The summed E-state index contributed by atoms with van der Waals surface area (Å²) < 4.78 is 16.8. The molecule has 1 aliphatic rings. The number of aliphatic carboxylic acids is 1. The van der Waals surface area contributed by atoms with Gasteiger partial charge in [0.2, 0.25) is 0 Å². The second-order valence-corrected chi connectivity index (χ2v) is 8.24. The summed E-state index contributed by atoms with van der Waals surface area (Å²) in [5, 5.41) is 9.11. The van der Waals surface area contributed by atoms with Crippen molar-refractivity contribution >= 4 is 14.6 Å². The molecule has 1 N–H and O–H groups in total. The second-order valence-electron chi connectivity index (χ2n) is 6.76. The topological polar surface area (TPSA) is 65.0 Å². The number of allylic oxidation sites excluding steroid dienone is 3. The summed E-state index contributed by atoms with van der Waals surface area (Å²) in [4.78, 5) is 11.1. The number of hydrogen-bond donors (Lipinski definition) is 1. The molecule has 0 spiro atoms. The Morgan fingerprint density at radius 2 is 1.92 bits per heavy atom. The number of carbonyl (C=O) groups is 1. The van der Waals surface area contributed by atoms with Crippen LogP contribution in [-0.2, 0) is 18.4 Å². The predicted octanol–water partition coefficient (Wildman–Crippen LogP) is 5.04. The molecular weight excluding hydrogens is 327 g/mol. The molecule has 1 rings (SSSR count). The van der Waals surface area contributed by atoms with Gasteiger partial charge in [-0.15, -0.1) is 0 Å². The Labute approximate surface area is 147 Å². The summed E-state index contributed by atoms with van der Waals surface area (Å²) in [6.07, 6.45) is 6.05. The summed E-state index contributed by atoms with van der Waals surface area (Å²) in [5.41, 5.74) is 3.04. The molecule has 0 amide bonds. The number of rotatable bonds is 10. The predicted molar refractivity (Wildman–Crippen MR) is 99.3 cm³/mol. The van der Waals surface area contributed by atoms with E-state index in [-0.39, 0.29) is 5.41 Å². The molecular formula is C18H33O5P. The summed E-state index contributed by atoms with van der Waals surface area (Å²) in [6, 6.07) is 0. The van der Waals surface area contributed by atoms with Crippen LogP contribution >= 0.6 is 8.60 Å². The van der Waals surface area contributed by atoms with Crippen LogP contribution in [0.15, 0.2) is 23.0 Å². The van der Waals surface area contributed by atoms with Crippen molar-refractivity contribution in [2.75, 3.05) is 13.2 Å². The number of hydrogen-bond acceptors (Lipinski definition) is 4. The maximum atomic E-state index is 11.1. The Hall–Kier alpha value is -0.900. The third kappa shape index (κ3) is 6.92. The zero-order valence-electron chi connectivity index (χ0n) is 15.7. The molecule has 0 aromatic carbocycles. The van der Waals surface area contributed by atoms with Crippen molar-refractivity contribution in [1.29, 1.82) is 0 Å². The van der Waals surface area contributed by atoms with Gasteiger partial charge in [-0.1, -0.05) is 0 Å². The van der Waals surface area contributed by atoms with E-state index in [0.29, 0.717) is 25.4 Å². The van der Waals surface area contributed by atoms with Crippen LogP contribution in [0, 0.1) is 5.41 Å². The van der Waals surface area contributed by atoms with E-state index in [1.807, 2.05) is 13.8 Å². The van der Waals surface area contributed by atoms with Gasteiger partial charge in [0.1, 0.15) is 0 Å². The van der Waals surface area contributed by atoms with E-state index in [0.717, 1.165) is 18.9 Å². The third-order valence-electron chi connectivity index (χ3n) is 4.44. The van der Waals surface area contributed by atoms with Crippen molar-refractivity contribution < 1.29 is 23.5 Å². The summed E-state index contributed by atoms with van der Waals surface area (Å²) in [5.74, 6) is -0.554. The molecule has 0 aromatic heterocycles. The average Bonchev–Trinajstić information content (AvgIpc) is 2.45. The van der Waals surface area contributed by atoms with Crippen molar-refractivity contribution in [3.63, 3.8) is 0 Å². The average molecular weight is 360 g/mol. The quantitative estimate of drug-likeness (QED) is 0.256. The van der Waals surface area contributed by atoms with Crippen molar-refractivity contribution in [1.82, 2.24) is 0 Å². The van der Waals surface area contributed by atoms with Crippen LogP contribution in [0.2, 0.25) is 0 Å². The molecule has 0 saturated carbocycles. The molecule has 0 fully saturated rings. The fourth-order valence-corrected chi connectivity index (χ4v) is 4.50. The normalized spacial score (nSPS) is 18.5. The van der Waals surface area contributed by atoms with Gasteiger partial charge in [0.15, 0.2) is 0 Å². The molecule has 5 nitrogen and oxygen atoms in total. The van der Waals surface area contributed by atoms with Crippen LogP contribution in [-0.4, -0.2) is 24.3 Å². The Bertz CT molecular complexity index is 476. The molecule has 0 heterocycles. The van der Waals surface area contributed by atoms with Crippen LogP contribution in [0.25, 0.3) is 0 Å². The van der Waals surface area contributed by atoms with Gasteiger partial charge in [-0.3, -0.25) is 0 Å². The first kappa shape index (κ1) is 21.1. The Morgan fingerprint density at radius 1 is 1.29 bits per heavy atom. The van der Waals surface area contributed by atoms with Gasteiger partial charge in [0.05, 0.1) is 0 Å². The van der Waals surface area contributed by atoms with E-state index in [2.05, 4.69) is 20.8 Å². The van der Waals surface area contributed by atoms with Crippen molar-refractivity contribution in [2.45, 2.75) is 66.7 Å². The first-order valence-corrected chi connectivity index (χ1v) is 10.2. The van der Waals surface area contributed by atoms with E-state index >= 15 is 0 Å². The first-order chi connectivity index (χ1) is 11.3. The van der Waals surface area contributed by atoms with E-state index < -0.39 is 14.6 Å². The minimum absolute atomic E-state index is 0.174. The molecule has 24 heavy (non-hydrogen) atoms. The van der Waals surface area contributed by atoms with E-state index in [1.54, 1.807) is 0 Å². The molecule has 0 aromatic rings. The Morgan fingerprint density at radius 3 is 2.42 bits per heavy atom. The van der Waals surface area contributed by atoms with Gasteiger partial charge < -0.3 is 0 Å². The summed E-state index contributed by atoms with van der Waals surface area (Å²) in [7, 11) is -2.32. The fourth-order valence-electron chi connectivity index (χ4n) is 3.29. The third-order valence-corrected chi connectivity index (χ3v) is 6.15. The number of carboxylic acid groups (broad SMARTS) is 1. The molecule has 0 atom stereocenters. The molecule has 6 heteroatoms. The molecule has 0 radical (unpaired) electrons. The SMILES string of the molecule is CCO[PH2](OCC)O/C(=C\C(=O)O)CCC1=C(C)CCCC1(C)C. The fraction of sp³-hybridized carbons (Fsp3) is 0.722. The monoisotopic (exact) mass is 360 g/mol. The van der Waals surface area contributed by atoms with Gasteiger partial charge in [-0.25, -0.2) is 0 Å². The summed E-state index contributed by atoms with van der Waals surface area (Å²) in [6.45, 7) is 11.5. The molecule has 0 saturated heterocycles. The van der Waals surface area contributed by atoms with Gasteiger partial charge in [-0.2, -0.15) is 0 Å². The van der Waals surface area contributed by atoms with Crippen LogP contribution in [0.3, 0.4) is 0 Å². The molecule has 0 unspecified atom stereocenters. The zero-order chi connectivity index (χ0) is 18.2. The zero-order valence-corrected chi connectivity index (χ0v) is 16.8. The van der Waals surface area contributed by atoms with E-state index in [1.165, 1.54) is 24.0 Å². The van der Waals surface area contributed by atoms with Gasteiger partial charge >= 0.3 is 146 Å². The van der Waals surface area contributed by atoms with Crippen molar-refractivity contribution in [3.8, 4) is 0 Å². The van der Waals surface area contributed by atoms with Crippen LogP contribution in [0.1, 0.15) is 66.7 Å². The second kappa shape index (κ2) is 10.2. The minimum atomic E-state index is -2.32. The van der Waals surface area contributed by atoms with Crippen LogP contribution in [0.4, 0.5) is 0 Å². The Balaban J connectivity index is 2.81. The molecule has 0 aliphatic heterocycles. The van der Waals surface area contributed by atoms with Crippen LogP contribution < -0.4 is 0 Å². The van der Waals surface area contributed by atoms with Gasteiger partial charge in [0, 0.05) is 0 Å². The molecule has 1 aliphatic carbocycles. The standard InChI is InChI=1S/C18H33O5P/c1-6-21-24(22-7-2)23-15(13-17(19)20)10-11-16-14(3)9-8-12-18(16,4)5/h13H,6-12,24H2,1-5H3,(H,19,20)/b15-13-. The first-order valence-electron chi connectivity index (χ1n) is 8.82. The maximum absolute atomic E-state index is 11.1. The van der Waals surface area contributed by atoms with Crippen molar-refractivity contribution in [3.05, 3.63) is 23.0 Å².